The molecule has 0 aliphatic carbocycles. The molecule has 0 fully saturated rings. The number of halogens is 2. The van der Waals surface area contributed by atoms with Crippen LogP contribution in [0.15, 0.2) is 47.3 Å². The summed E-state index contributed by atoms with van der Waals surface area (Å²) in [6.45, 7) is 5.87. The van der Waals surface area contributed by atoms with Crippen molar-refractivity contribution < 1.29 is 23.1 Å². The number of hydrogen-bond acceptors (Lipinski definition) is 10. The summed E-state index contributed by atoms with van der Waals surface area (Å²) in [4.78, 5) is 24.2. The first-order valence-corrected chi connectivity index (χ1v) is 13.5. The summed E-state index contributed by atoms with van der Waals surface area (Å²) in [5.74, 6) is -0.912. The molecular formula is C28H33F2N9O3. The Labute approximate surface area is 241 Å². The normalized spacial score (nSPS) is 16.6. The molecule has 2 atom stereocenters. The number of anilines is 2. The van der Waals surface area contributed by atoms with Crippen LogP contribution in [0.3, 0.4) is 0 Å². The topological polar surface area (TPSA) is 147 Å². The monoisotopic (exact) mass is 581 g/mol. The molecule has 1 aliphatic heterocycles. The lowest BCUT2D eigenvalue weighted by atomic mass is 9.94. The first-order valence-electron chi connectivity index (χ1n) is 13.5. The Balaban J connectivity index is 1.41. The number of alkyl halides is 2. The fourth-order valence-electron chi connectivity index (χ4n) is 4.79. The highest BCUT2D eigenvalue weighted by molar-refractivity contribution is 5.89. The number of aliphatic hydroxyl groups excluding tert-OH is 1. The summed E-state index contributed by atoms with van der Waals surface area (Å²) >= 11 is 0. The molecular weight excluding hydrogens is 548 g/mol. The van der Waals surface area contributed by atoms with E-state index in [9.17, 15) is 18.7 Å². The van der Waals surface area contributed by atoms with Crippen LogP contribution in [0, 0.1) is 0 Å². The van der Waals surface area contributed by atoms with Crippen LogP contribution in [0.4, 0.5) is 20.4 Å². The van der Waals surface area contributed by atoms with Gasteiger partial charge in [0.05, 0.1) is 29.7 Å². The molecule has 1 unspecified atom stereocenters. The number of nitrogens with one attached hydrogen (secondary N) is 2. The van der Waals surface area contributed by atoms with E-state index < -0.39 is 29.9 Å². The maximum Gasteiger partial charge on any atom is 0.309 e. The second kappa shape index (κ2) is 11.9. The largest absolute Gasteiger partial charge is 0.416 e. The second-order valence-corrected chi connectivity index (χ2v) is 11.0. The predicted molar refractivity (Wildman–Crippen MR) is 149 cm³/mol. The van der Waals surface area contributed by atoms with Gasteiger partial charge in [0.1, 0.15) is 5.41 Å². The number of nitrogens with zero attached hydrogens (tertiary/aromatic N) is 7. The number of amides is 1. The van der Waals surface area contributed by atoms with Gasteiger partial charge < -0.3 is 20.2 Å². The molecule has 0 spiro atoms. The van der Waals surface area contributed by atoms with E-state index in [-0.39, 0.29) is 11.8 Å². The Bertz CT molecular complexity index is 1550. The van der Waals surface area contributed by atoms with E-state index in [0.29, 0.717) is 37.7 Å². The zero-order valence-electron chi connectivity index (χ0n) is 23.8. The summed E-state index contributed by atoms with van der Waals surface area (Å²) < 4.78 is 33.9. The van der Waals surface area contributed by atoms with Crippen LogP contribution in [-0.4, -0.2) is 71.5 Å². The lowest BCUT2D eigenvalue weighted by molar-refractivity contribution is 0.0527. The quantitative estimate of drug-likeness (QED) is 0.268. The summed E-state index contributed by atoms with van der Waals surface area (Å²) in [5, 5.41) is 27.7. The molecule has 222 valence electrons. The van der Waals surface area contributed by atoms with E-state index in [1.807, 2.05) is 37.5 Å². The number of carbonyl (C=O) groups is 1. The van der Waals surface area contributed by atoms with Gasteiger partial charge in [-0.15, -0.1) is 10.2 Å². The molecule has 12 nitrogen and oxygen atoms in total. The van der Waals surface area contributed by atoms with Crippen LogP contribution in [0.25, 0.3) is 11.3 Å². The van der Waals surface area contributed by atoms with Gasteiger partial charge in [0.15, 0.2) is 0 Å². The van der Waals surface area contributed by atoms with Crippen LogP contribution in [0.2, 0.25) is 0 Å². The van der Waals surface area contributed by atoms with E-state index in [1.54, 1.807) is 24.0 Å². The number of fused-ring (bicyclic) bond motifs is 1. The van der Waals surface area contributed by atoms with Gasteiger partial charge in [0.25, 0.3) is 6.43 Å². The Morgan fingerprint density at radius 3 is 2.79 bits per heavy atom. The van der Waals surface area contributed by atoms with Crippen molar-refractivity contribution in [2.24, 2.45) is 7.05 Å². The average molecular weight is 582 g/mol. The third kappa shape index (κ3) is 6.44. The fourth-order valence-corrected chi connectivity index (χ4v) is 4.79. The molecule has 5 rings (SSSR count). The third-order valence-electron chi connectivity index (χ3n) is 7.10. The van der Waals surface area contributed by atoms with Crippen molar-refractivity contribution in [3.8, 4) is 11.3 Å². The van der Waals surface area contributed by atoms with Crippen molar-refractivity contribution in [1.29, 1.82) is 0 Å². The molecule has 42 heavy (non-hydrogen) atoms. The van der Waals surface area contributed by atoms with Crippen LogP contribution in [-0.2, 0) is 19.0 Å². The van der Waals surface area contributed by atoms with E-state index in [0.717, 1.165) is 22.4 Å². The van der Waals surface area contributed by atoms with Crippen LogP contribution in [0.5, 0.6) is 0 Å². The minimum absolute atomic E-state index is 0.307. The van der Waals surface area contributed by atoms with Crippen molar-refractivity contribution in [3.05, 3.63) is 65.8 Å². The molecule has 0 saturated heterocycles. The molecule has 1 aromatic carbocycles. The van der Waals surface area contributed by atoms with Crippen molar-refractivity contribution in [1.82, 2.24) is 40.2 Å². The Morgan fingerprint density at radius 1 is 1.26 bits per heavy atom. The SMILES string of the molecule is CC(O)CN1CC[C@H](NC(=O)c2nnc(C(C)(C)C(F)F)o2)c2ccc(-c3ccnc(Nc4cnn(C)c4)n3)cc2C1. The highest BCUT2D eigenvalue weighted by Crippen LogP contribution is 2.32. The summed E-state index contributed by atoms with van der Waals surface area (Å²) in [5.41, 5.74) is 2.45. The summed E-state index contributed by atoms with van der Waals surface area (Å²) in [7, 11) is 1.82. The Morgan fingerprint density at radius 2 is 2.07 bits per heavy atom. The number of benzene rings is 1. The molecule has 0 saturated carbocycles. The van der Waals surface area contributed by atoms with E-state index in [2.05, 4.69) is 40.8 Å². The molecule has 3 N–H and O–H groups in total. The standard InChI is InChI=1S/C28H33F2N9O3/c1-16(40)13-39-10-8-22(34-23(41)24-36-37-26(42-24)28(2,3)25(29)30)20-6-5-17(11-18(20)14-39)21-7-9-31-27(35-21)33-19-12-32-38(4)15-19/h5-7,9,11-12,15-16,22,25,40H,8,10,13-14H2,1-4H3,(H,34,41)(H,31,33,35)/t16?,22-/m0/s1. The van der Waals surface area contributed by atoms with Crippen LogP contribution in [0.1, 0.15) is 60.9 Å². The van der Waals surface area contributed by atoms with Gasteiger partial charge in [-0.3, -0.25) is 14.4 Å². The molecule has 0 radical (unpaired) electrons. The lowest BCUT2D eigenvalue weighted by Gasteiger charge is -2.22. The smallest absolute Gasteiger partial charge is 0.309 e. The van der Waals surface area contributed by atoms with Gasteiger partial charge in [-0.1, -0.05) is 12.1 Å². The van der Waals surface area contributed by atoms with E-state index in [1.165, 1.54) is 13.8 Å². The van der Waals surface area contributed by atoms with Gasteiger partial charge in [-0.2, -0.15) is 5.10 Å². The second-order valence-electron chi connectivity index (χ2n) is 11.0. The number of aliphatic hydroxyl groups is 1. The van der Waals surface area contributed by atoms with E-state index in [4.69, 9.17) is 4.42 Å². The number of β-amino-alcohol motifs (C(OH)–C–C–N with tert-alkyl or cyclic N) is 1. The number of aryl methyl sites for hydroxylation is 1. The molecule has 4 aromatic rings. The number of carbonyl (C=O) groups excluding carboxylic acids is 1. The maximum atomic E-state index is 13.4. The van der Waals surface area contributed by atoms with Crippen molar-refractivity contribution in [2.75, 3.05) is 18.4 Å². The number of rotatable bonds is 9. The number of aromatic nitrogens is 6. The van der Waals surface area contributed by atoms with E-state index >= 15 is 0 Å². The predicted octanol–water partition coefficient (Wildman–Crippen LogP) is 3.60. The minimum atomic E-state index is -2.74. The molecule has 4 heterocycles. The zero-order chi connectivity index (χ0) is 30.0. The van der Waals surface area contributed by atoms with Gasteiger partial charge in [-0.25, -0.2) is 18.7 Å². The van der Waals surface area contributed by atoms with Crippen LogP contribution >= 0.6 is 0 Å². The fraction of sp³-hybridized carbons (Fsp3) is 0.429. The van der Waals surface area contributed by atoms with Crippen molar-refractivity contribution in [3.63, 3.8) is 0 Å². The summed E-state index contributed by atoms with van der Waals surface area (Å²) in [6.07, 6.45) is 2.43. The zero-order valence-corrected chi connectivity index (χ0v) is 23.8. The molecule has 3 aromatic heterocycles. The first kappa shape index (κ1) is 29.2. The highest BCUT2D eigenvalue weighted by atomic mass is 19.3. The number of hydrogen-bond donors (Lipinski definition) is 3. The first-order chi connectivity index (χ1) is 20.0. The van der Waals surface area contributed by atoms with Crippen LogP contribution < -0.4 is 10.6 Å². The Hall–Kier alpha value is -4.30. The van der Waals surface area contributed by atoms with Gasteiger partial charge in [0.2, 0.25) is 11.8 Å². The minimum Gasteiger partial charge on any atom is -0.416 e. The highest BCUT2D eigenvalue weighted by Gasteiger charge is 2.38. The molecule has 1 amide bonds. The maximum absolute atomic E-state index is 13.4. The molecule has 14 heteroatoms. The lowest BCUT2D eigenvalue weighted by Crippen LogP contribution is -2.32. The van der Waals surface area contributed by atoms with Crippen molar-refractivity contribution in [2.45, 2.75) is 57.7 Å². The molecule has 0 bridgehead atoms. The van der Waals surface area contributed by atoms with Gasteiger partial charge >= 0.3 is 11.8 Å². The molecule has 1 aliphatic rings. The average Bonchev–Trinajstić information content (AvgIpc) is 3.57. The Kier molecular flexibility index (Phi) is 8.27. The van der Waals surface area contributed by atoms with Gasteiger partial charge in [-0.05, 0) is 50.5 Å². The summed E-state index contributed by atoms with van der Waals surface area (Å²) in [6, 6.07) is 7.27. The van der Waals surface area contributed by atoms with Gasteiger partial charge in [0, 0.05) is 44.6 Å². The third-order valence-corrected chi connectivity index (χ3v) is 7.10. The van der Waals surface area contributed by atoms with Crippen molar-refractivity contribution >= 4 is 17.5 Å².